The first-order chi connectivity index (χ1) is 14.2. The van der Waals surface area contributed by atoms with E-state index in [0.29, 0.717) is 5.69 Å². The zero-order chi connectivity index (χ0) is 22.0. The van der Waals surface area contributed by atoms with Gasteiger partial charge in [0.1, 0.15) is 6.54 Å². The predicted octanol–water partition coefficient (Wildman–Crippen LogP) is 4.02. The summed E-state index contributed by atoms with van der Waals surface area (Å²) in [4.78, 5) is 25.3. The van der Waals surface area contributed by atoms with Gasteiger partial charge in [0.2, 0.25) is 5.91 Å². The zero-order valence-electron chi connectivity index (χ0n) is 18.3. The van der Waals surface area contributed by atoms with E-state index in [1.165, 1.54) is 4.68 Å². The number of anilines is 2. The molecule has 3 rings (SSSR count). The van der Waals surface area contributed by atoms with E-state index in [-0.39, 0.29) is 24.1 Å². The summed E-state index contributed by atoms with van der Waals surface area (Å²) < 4.78 is 1.44. The van der Waals surface area contributed by atoms with Crippen LogP contribution in [-0.4, -0.2) is 26.8 Å². The highest BCUT2D eigenvalue weighted by Crippen LogP contribution is 2.23. The van der Waals surface area contributed by atoms with Crippen LogP contribution in [0.25, 0.3) is 0 Å². The van der Waals surface area contributed by atoms with Gasteiger partial charge < -0.3 is 10.6 Å². The molecule has 0 radical (unpaired) electrons. The number of nitrogens with zero attached hydrogens (tertiary/aromatic N) is 3. The standard InChI is InChI=1S/C23H27N5O2/c1-13-10-16(4)21(17(5)11-13)25-23(30)22-18(6)28(27-26-22)12-19(29)24-20-14(2)8-7-9-15(20)3/h7-11H,12H2,1-6H3,(H,24,29)(H,25,30). The number of hydrogen-bond donors (Lipinski definition) is 2. The van der Waals surface area contributed by atoms with E-state index >= 15 is 0 Å². The molecule has 7 nitrogen and oxygen atoms in total. The number of hydrogen-bond acceptors (Lipinski definition) is 4. The number of nitrogens with one attached hydrogen (secondary N) is 2. The summed E-state index contributed by atoms with van der Waals surface area (Å²) in [6.07, 6.45) is 0. The molecule has 2 aromatic carbocycles. The first-order valence-corrected chi connectivity index (χ1v) is 9.82. The molecular weight excluding hydrogens is 378 g/mol. The molecule has 0 unspecified atom stereocenters. The minimum atomic E-state index is -0.344. The van der Waals surface area contributed by atoms with Crippen molar-refractivity contribution in [3.05, 3.63) is 69.5 Å². The fourth-order valence-corrected chi connectivity index (χ4v) is 3.60. The van der Waals surface area contributed by atoms with Crippen molar-refractivity contribution < 1.29 is 9.59 Å². The van der Waals surface area contributed by atoms with Crippen molar-refractivity contribution in [2.75, 3.05) is 10.6 Å². The number of carbonyl (C=O) groups is 2. The smallest absolute Gasteiger partial charge is 0.278 e. The number of carbonyl (C=O) groups excluding carboxylic acids is 2. The summed E-state index contributed by atoms with van der Waals surface area (Å²) in [5.41, 5.74) is 7.39. The Labute approximate surface area is 176 Å². The minimum Gasteiger partial charge on any atom is -0.324 e. The van der Waals surface area contributed by atoms with Gasteiger partial charge in [0.25, 0.3) is 5.91 Å². The Balaban J connectivity index is 1.74. The van der Waals surface area contributed by atoms with Crippen LogP contribution in [0, 0.1) is 41.5 Å². The van der Waals surface area contributed by atoms with Crippen molar-refractivity contribution in [1.82, 2.24) is 15.0 Å². The van der Waals surface area contributed by atoms with E-state index in [4.69, 9.17) is 0 Å². The molecule has 0 spiro atoms. The third-order valence-corrected chi connectivity index (χ3v) is 5.15. The van der Waals surface area contributed by atoms with E-state index in [2.05, 4.69) is 20.9 Å². The van der Waals surface area contributed by atoms with Gasteiger partial charge in [0, 0.05) is 11.4 Å². The van der Waals surface area contributed by atoms with Crippen LogP contribution in [0.15, 0.2) is 30.3 Å². The summed E-state index contributed by atoms with van der Waals surface area (Å²) in [6, 6.07) is 9.88. The minimum absolute atomic E-state index is 0.0253. The molecule has 0 aliphatic rings. The van der Waals surface area contributed by atoms with Crippen molar-refractivity contribution in [3.63, 3.8) is 0 Å². The van der Waals surface area contributed by atoms with Crippen LogP contribution < -0.4 is 10.6 Å². The van der Waals surface area contributed by atoms with Crippen molar-refractivity contribution >= 4 is 23.2 Å². The van der Waals surface area contributed by atoms with Crippen LogP contribution in [0.3, 0.4) is 0 Å². The van der Waals surface area contributed by atoms with E-state index in [9.17, 15) is 9.59 Å². The quantitative estimate of drug-likeness (QED) is 0.671. The van der Waals surface area contributed by atoms with Crippen LogP contribution in [0.5, 0.6) is 0 Å². The van der Waals surface area contributed by atoms with Gasteiger partial charge in [0.15, 0.2) is 5.69 Å². The van der Waals surface area contributed by atoms with Crippen molar-refractivity contribution in [1.29, 1.82) is 0 Å². The maximum absolute atomic E-state index is 12.8. The van der Waals surface area contributed by atoms with Crippen LogP contribution in [-0.2, 0) is 11.3 Å². The SMILES string of the molecule is Cc1cc(C)c(NC(=O)c2nnn(CC(=O)Nc3c(C)cccc3C)c2C)c(C)c1. The molecule has 0 saturated carbocycles. The van der Waals surface area contributed by atoms with Crippen LogP contribution in [0.2, 0.25) is 0 Å². The molecule has 156 valence electrons. The Kier molecular flexibility index (Phi) is 6.01. The Hall–Kier alpha value is -3.48. The molecule has 2 N–H and O–H groups in total. The maximum Gasteiger partial charge on any atom is 0.278 e. The first kappa shape index (κ1) is 21.2. The first-order valence-electron chi connectivity index (χ1n) is 9.82. The van der Waals surface area contributed by atoms with Crippen LogP contribution in [0.1, 0.15) is 44.0 Å². The number of benzene rings is 2. The Morgan fingerprint density at radius 1 is 0.867 bits per heavy atom. The summed E-state index contributed by atoms with van der Waals surface area (Å²) in [5.74, 6) is -0.568. The van der Waals surface area contributed by atoms with E-state index in [0.717, 1.165) is 39.2 Å². The molecule has 7 heteroatoms. The lowest BCUT2D eigenvalue weighted by Crippen LogP contribution is -2.22. The number of aryl methyl sites for hydroxylation is 5. The summed E-state index contributed by atoms with van der Waals surface area (Å²) >= 11 is 0. The molecule has 0 bridgehead atoms. The molecule has 1 heterocycles. The third-order valence-electron chi connectivity index (χ3n) is 5.15. The summed E-state index contributed by atoms with van der Waals surface area (Å²) in [6.45, 7) is 11.5. The van der Waals surface area contributed by atoms with E-state index < -0.39 is 0 Å². The van der Waals surface area contributed by atoms with Gasteiger partial charge in [-0.3, -0.25) is 9.59 Å². The molecule has 2 amide bonds. The number of para-hydroxylation sites is 1. The number of aromatic nitrogens is 3. The number of rotatable bonds is 5. The normalized spacial score (nSPS) is 10.7. The van der Waals surface area contributed by atoms with Gasteiger partial charge in [-0.2, -0.15) is 0 Å². The third kappa shape index (κ3) is 4.40. The molecule has 0 aliphatic carbocycles. The molecule has 3 aromatic rings. The van der Waals surface area contributed by atoms with Gasteiger partial charge >= 0.3 is 0 Å². The Morgan fingerprint density at radius 2 is 1.43 bits per heavy atom. The highest BCUT2D eigenvalue weighted by Gasteiger charge is 2.20. The van der Waals surface area contributed by atoms with Crippen LogP contribution >= 0.6 is 0 Å². The second kappa shape index (κ2) is 8.49. The van der Waals surface area contributed by atoms with Gasteiger partial charge in [0.05, 0.1) is 5.69 Å². The van der Waals surface area contributed by atoms with E-state index in [1.54, 1.807) is 6.92 Å². The molecule has 0 aliphatic heterocycles. The average molecular weight is 406 g/mol. The molecule has 30 heavy (non-hydrogen) atoms. The predicted molar refractivity (Wildman–Crippen MR) is 118 cm³/mol. The van der Waals surface area contributed by atoms with Crippen molar-refractivity contribution in [3.8, 4) is 0 Å². The average Bonchev–Trinajstić information content (AvgIpc) is 3.01. The highest BCUT2D eigenvalue weighted by molar-refractivity contribution is 6.04. The monoisotopic (exact) mass is 405 g/mol. The van der Waals surface area contributed by atoms with Gasteiger partial charge in [-0.1, -0.05) is 41.1 Å². The van der Waals surface area contributed by atoms with Crippen molar-refractivity contribution in [2.24, 2.45) is 0 Å². The molecule has 0 atom stereocenters. The van der Waals surface area contributed by atoms with Gasteiger partial charge in [-0.05, 0) is 63.8 Å². The van der Waals surface area contributed by atoms with Crippen molar-refractivity contribution in [2.45, 2.75) is 48.1 Å². The van der Waals surface area contributed by atoms with Crippen LogP contribution in [0.4, 0.5) is 11.4 Å². The lowest BCUT2D eigenvalue weighted by molar-refractivity contribution is -0.117. The fraction of sp³-hybridized carbons (Fsp3) is 0.304. The molecule has 0 saturated heterocycles. The lowest BCUT2D eigenvalue weighted by Gasteiger charge is -2.12. The molecule has 0 fully saturated rings. The fourth-order valence-electron chi connectivity index (χ4n) is 3.60. The summed E-state index contributed by atoms with van der Waals surface area (Å²) in [5, 5.41) is 13.9. The highest BCUT2D eigenvalue weighted by atomic mass is 16.2. The van der Waals surface area contributed by atoms with Gasteiger partial charge in [-0.25, -0.2) is 4.68 Å². The van der Waals surface area contributed by atoms with E-state index in [1.807, 2.05) is 65.0 Å². The maximum atomic E-state index is 12.8. The molecule has 1 aromatic heterocycles. The lowest BCUT2D eigenvalue weighted by atomic mass is 10.0. The molecular formula is C23H27N5O2. The Bertz CT molecular complexity index is 1090. The summed E-state index contributed by atoms with van der Waals surface area (Å²) in [7, 11) is 0. The van der Waals surface area contributed by atoms with Gasteiger partial charge in [-0.15, -0.1) is 5.10 Å². The number of amides is 2. The Morgan fingerprint density at radius 3 is 2.03 bits per heavy atom. The second-order valence-electron chi connectivity index (χ2n) is 7.72. The second-order valence-corrected chi connectivity index (χ2v) is 7.72. The zero-order valence-corrected chi connectivity index (χ0v) is 18.3. The topological polar surface area (TPSA) is 88.9 Å². The largest absolute Gasteiger partial charge is 0.324 e.